The Labute approximate surface area is 101 Å². The van der Waals surface area contributed by atoms with Crippen LogP contribution in [0.2, 0.25) is 5.02 Å². The molecule has 1 aliphatic rings. The summed E-state index contributed by atoms with van der Waals surface area (Å²) in [7, 11) is 0. The number of nitrogens with one attached hydrogen (secondary N) is 1. The Hall–Kier alpha value is -0.990. The fourth-order valence-corrected chi connectivity index (χ4v) is 1.84. The molecule has 1 aromatic rings. The van der Waals surface area contributed by atoms with Crippen molar-refractivity contribution in [3.05, 3.63) is 47.2 Å². The van der Waals surface area contributed by atoms with Gasteiger partial charge in [-0.1, -0.05) is 23.7 Å². The van der Waals surface area contributed by atoms with E-state index in [9.17, 15) is 0 Å². The predicted molar refractivity (Wildman–Crippen MR) is 66.4 cm³/mol. The number of benzene rings is 1. The van der Waals surface area contributed by atoms with E-state index in [4.69, 9.17) is 16.3 Å². The molecule has 0 fully saturated rings. The van der Waals surface area contributed by atoms with Crippen molar-refractivity contribution in [2.75, 3.05) is 6.54 Å². The van der Waals surface area contributed by atoms with E-state index in [1.54, 1.807) is 6.26 Å². The monoisotopic (exact) mass is 237 g/mol. The average molecular weight is 238 g/mol. The van der Waals surface area contributed by atoms with Crippen LogP contribution < -0.4 is 5.32 Å². The lowest BCUT2D eigenvalue weighted by atomic mass is 10.1. The van der Waals surface area contributed by atoms with Crippen LogP contribution in [-0.2, 0) is 11.3 Å². The first kappa shape index (κ1) is 11.5. The third kappa shape index (κ3) is 3.54. The van der Waals surface area contributed by atoms with Crippen LogP contribution in [0.1, 0.15) is 18.4 Å². The van der Waals surface area contributed by atoms with Crippen LogP contribution in [0, 0.1) is 0 Å². The van der Waals surface area contributed by atoms with Gasteiger partial charge in [0.2, 0.25) is 0 Å². The van der Waals surface area contributed by atoms with Crippen molar-refractivity contribution in [2.45, 2.75) is 25.5 Å². The van der Waals surface area contributed by atoms with Gasteiger partial charge in [-0.05, 0) is 36.6 Å². The Morgan fingerprint density at radius 3 is 2.81 bits per heavy atom. The maximum atomic E-state index is 5.82. The standard InChI is InChI=1S/C13H16ClNO/c14-12-6-4-11(5-7-12)9-15-10-13-3-1-2-8-16-13/h2,4-8,13,15H,1,3,9-10H2. The molecular formula is C13H16ClNO. The molecule has 0 saturated heterocycles. The highest BCUT2D eigenvalue weighted by molar-refractivity contribution is 6.30. The number of ether oxygens (including phenoxy) is 1. The molecule has 0 aliphatic carbocycles. The van der Waals surface area contributed by atoms with Crippen molar-refractivity contribution in [1.29, 1.82) is 0 Å². The minimum Gasteiger partial charge on any atom is -0.497 e. The first-order valence-corrected chi connectivity index (χ1v) is 5.98. The highest BCUT2D eigenvalue weighted by atomic mass is 35.5. The lowest BCUT2D eigenvalue weighted by Crippen LogP contribution is -2.28. The van der Waals surface area contributed by atoms with E-state index < -0.39 is 0 Å². The number of hydrogen-bond donors (Lipinski definition) is 1. The minimum atomic E-state index is 0.317. The highest BCUT2D eigenvalue weighted by Crippen LogP contribution is 2.11. The van der Waals surface area contributed by atoms with Crippen LogP contribution in [0.4, 0.5) is 0 Å². The first-order valence-electron chi connectivity index (χ1n) is 5.60. The third-order valence-corrected chi connectivity index (χ3v) is 2.89. The zero-order valence-corrected chi connectivity index (χ0v) is 9.91. The van der Waals surface area contributed by atoms with Gasteiger partial charge in [0.15, 0.2) is 0 Å². The number of halogens is 1. The normalized spacial score (nSPS) is 19.4. The fourth-order valence-electron chi connectivity index (χ4n) is 1.71. The second-order valence-corrected chi connectivity index (χ2v) is 4.40. The lowest BCUT2D eigenvalue weighted by molar-refractivity contribution is 0.122. The van der Waals surface area contributed by atoms with Crippen LogP contribution in [-0.4, -0.2) is 12.6 Å². The van der Waals surface area contributed by atoms with Gasteiger partial charge in [0.05, 0.1) is 6.26 Å². The Bertz CT molecular complexity index is 347. The summed E-state index contributed by atoms with van der Waals surface area (Å²) in [4.78, 5) is 0. The largest absolute Gasteiger partial charge is 0.497 e. The topological polar surface area (TPSA) is 21.3 Å². The summed E-state index contributed by atoms with van der Waals surface area (Å²) in [5.74, 6) is 0. The van der Waals surface area contributed by atoms with Crippen molar-refractivity contribution in [3.8, 4) is 0 Å². The van der Waals surface area contributed by atoms with Crippen molar-refractivity contribution < 1.29 is 4.74 Å². The first-order chi connectivity index (χ1) is 7.84. The summed E-state index contributed by atoms with van der Waals surface area (Å²) in [5.41, 5.74) is 1.25. The SMILES string of the molecule is Clc1ccc(CNCC2CCC=CO2)cc1. The van der Waals surface area contributed by atoms with Crippen molar-refractivity contribution >= 4 is 11.6 Å². The number of allylic oxidation sites excluding steroid dienone is 1. The smallest absolute Gasteiger partial charge is 0.110 e. The molecule has 0 radical (unpaired) electrons. The maximum Gasteiger partial charge on any atom is 0.110 e. The Kier molecular flexibility index (Phi) is 4.25. The van der Waals surface area contributed by atoms with Crippen LogP contribution in [0.3, 0.4) is 0 Å². The molecule has 3 heteroatoms. The molecule has 0 bridgehead atoms. The zero-order valence-electron chi connectivity index (χ0n) is 9.16. The van der Waals surface area contributed by atoms with Crippen LogP contribution in [0.5, 0.6) is 0 Å². The maximum absolute atomic E-state index is 5.82. The molecule has 0 saturated carbocycles. The van der Waals surface area contributed by atoms with E-state index in [-0.39, 0.29) is 0 Å². The molecular weight excluding hydrogens is 222 g/mol. The molecule has 1 aromatic carbocycles. The van der Waals surface area contributed by atoms with Gasteiger partial charge in [-0.2, -0.15) is 0 Å². The van der Waals surface area contributed by atoms with Crippen molar-refractivity contribution in [1.82, 2.24) is 5.32 Å². The molecule has 0 amide bonds. The van der Waals surface area contributed by atoms with Gasteiger partial charge >= 0.3 is 0 Å². The molecule has 1 heterocycles. The Morgan fingerprint density at radius 2 is 2.12 bits per heavy atom. The summed E-state index contributed by atoms with van der Waals surface area (Å²) in [6.07, 6.45) is 6.41. The molecule has 2 nitrogen and oxygen atoms in total. The van der Waals surface area contributed by atoms with Gasteiger partial charge in [0, 0.05) is 18.1 Å². The van der Waals surface area contributed by atoms with Gasteiger partial charge < -0.3 is 10.1 Å². The number of rotatable bonds is 4. The van der Waals surface area contributed by atoms with Crippen LogP contribution in [0.25, 0.3) is 0 Å². The summed E-state index contributed by atoms with van der Waals surface area (Å²) >= 11 is 5.82. The van der Waals surface area contributed by atoms with Gasteiger partial charge in [-0.25, -0.2) is 0 Å². The van der Waals surface area contributed by atoms with E-state index in [0.29, 0.717) is 6.10 Å². The van der Waals surface area contributed by atoms with Crippen LogP contribution in [0.15, 0.2) is 36.6 Å². The van der Waals surface area contributed by atoms with Gasteiger partial charge in [-0.3, -0.25) is 0 Å². The number of hydrogen-bond acceptors (Lipinski definition) is 2. The molecule has 1 unspecified atom stereocenters. The van der Waals surface area contributed by atoms with Gasteiger partial charge in [0.25, 0.3) is 0 Å². The molecule has 86 valence electrons. The quantitative estimate of drug-likeness (QED) is 0.869. The lowest BCUT2D eigenvalue weighted by Gasteiger charge is -2.19. The van der Waals surface area contributed by atoms with E-state index >= 15 is 0 Å². The fraction of sp³-hybridized carbons (Fsp3) is 0.385. The Balaban J connectivity index is 1.71. The molecule has 2 rings (SSSR count). The average Bonchev–Trinajstić information content (AvgIpc) is 2.33. The van der Waals surface area contributed by atoms with E-state index in [1.165, 1.54) is 5.56 Å². The minimum absolute atomic E-state index is 0.317. The predicted octanol–water partition coefficient (Wildman–Crippen LogP) is 3.12. The molecule has 0 aromatic heterocycles. The second kappa shape index (κ2) is 5.92. The summed E-state index contributed by atoms with van der Waals surface area (Å²) in [6.45, 7) is 1.76. The molecule has 16 heavy (non-hydrogen) atoms. The van der Waals surface area contributed by atoms with Crippen LogP contribution >= 0.6 is 11.6 Å². The van der Waals surface area contributed by atoms with E-state index in [0.717, 1.165) is 31.0 Å². The summed E-state index contributed by atoms with van der Waals surface area (Å²) in [6, 6.07) is 7.91. The molecule has 0 spiro atoms. The van der Waals surface area contributed by atoms with Crippen molar-refractivity contribution in [2.24, 2.45) is 0 Å². The van der Waals surface area contributed by atoms with Gasteiger partial charge in [-0.15, -0.1) is 0 Å². The zero-order chi connectivity index (χ0) is 11.2. The van der Waals surface area contributed by atoms with E-state index in [2.05, 4.69) is 11.4 Å². The second-order valence-electron chi connectivity index (χ2n) is 3.96. The summed E-state index contributed by atoms with van der Waals surface area (Å²) in [5, 5.41) is 4.17. The third-order valence-electron chi connectivity index (χ3n) is 2.64. The van der Waals surface area contributed by atoms with Crippen molar-refractivity contribution in [3.63, 3.8) is 0 Å². The van der Waals surface area contributed by atoms with E-state index in [1.807, 2.05) is 24.3 Å². The molecule has 1 aliphatic heterocycles. The van der Waals surface area contributed by atoms with Gasteiger partial charge in [0.1, 0.15) is 6.10 Å². The molecule has 1 atom stereocenters. The highest BCUT2D eigenvalue weighted by Gasteiger charge is 2.09. The summed E-state index contributed by atoms with van der Waals surface area (Å²) < 4.78 is 5.47. The Morgan fingerprint density at radius 1 is 1.31 bits per heavy atom. The molecule has 1 N–H and O–H groups in total.